The molecule has 142 valence electrons. The van der Waals surface area contributed by atoms with E-state index in [0.717, 1.165) is 5.56 Å². The van der Waals surface area contributed by atoms with Crippen molar-refractivity contribution in [3.8, 4) is 11.5 Å². The fourth-order valence-electron chi connectivity index (χ4n) is 2.85. The number of amides is 1. The lowest BCUT2D eigenvalue weighted by atomic mass is 10.0. The van der Waals surface area contributed by atoms with E-state index in [2.05, 4.69) is 10.5 Å². The molecule has 1 aliphatic rings. The lowest BCUT2D eigenvalue weighted by Crippen LogP contribution is -2.36. The van der Waals surface area contributed by atoms with Crippen LogP contribution in [0.4, 0.5) is 4.39 Å². The van der Waals surface area contributed by atoms with E-state index < -0.39 is 6.10 Å². The summed E-state index contributed by atoms with van der Waals surface area (Å²) in [6.45, 7) is 0.434. The Balaban J connectivity index is 1.50. The molecule has 6 nitrogen and oxygen atoms in total. The maximum atomic E-state index is 13.8. The number of ether oxygens (including phenoxy) is 2. The van der Waals surface area contributed by atoms with Crippen LogP contribution < -0.4 is 14.8 Å². The number of rotatable bonds is 7. The van der Waals surface area contributed by atoms with Gasteiger partial charge in [0.15, 0.2) is 11.5 Å². The van der Waals surface area contributed by atoms with E-state index in [1.807, 2.05) is 18.2 Å². The van der Waals surface area contributed by atoms with Crippen molar-refractivity contribution in [3.63, 3.8) is 0 Å². The summed E-state index contributed by atoms with van der Waals surface area (Å²) in [7, 11) is 3.16. The molecule has 2 aromatic rings. The highest BCUT2D eigenvalue weighted by Crippen LogP contribution is 2.27. The van der Waals surface area contributed by atoms with Gasteiger partial charge in [0.2, 0.25) is 6.10 Å². The number of hydrogen-bond donors (Lipinski definition) is 1. The van der Waals surface area contributed by atoms with Crippen molar-refractivity contribution >= 4 is 11.6 Å². The summed E-state index contributed by atoms with van der Waals surface area (Å²) in [5.74, 6) is 0.644. The van der Waals surface area contributed by atoms with Gasteiger partial charge in [-0.2, -0.15) is 0 Å². The zero-order valence-corrected chi connectivity index (χ0v) is 15.2. The highest BCUT2D eigenvalue weighted by molar-refractivity contribution is 6.04. The van der Waals surface area contributed by atoms with Gasteiger partial charge in [-0.3, -0.25) is 4.79 Å². The van der Waals surface area contributed by atoms with Gasteiger partial charge in [-0.25, -0.2) is 4.39 Å². The SMILES string of the molecule is COc1ccc(CCNC(=O)[C@H]2CC(c3ccccc3F)=NO2)cc1OC. The molecule has 27 heavy (non-hydrogen) atoms. The quantitative estimate of drug-likeness (QED) is 0.811. The van der Waals surface area contributed by atoms with E-state index in [9.17, 15) is 9.18 Å². The van der Waals surface area contributed by atoms with Crippen LogP contribution in [0.15, 0.2) is 47.6 Å². The molecular formula is C20H21FN2O4. The Bertz CT molecular complexity index is 854. The number of carbonyl (C=O) groups is 1. The van der Waals surface area contributed by atoms with Crippen molar-refractivity contribution in [3.05, 3.63) is 59.4 Å². The molecule has 0 spiro atoms. The number of benzene rings is 2. The molecule has 1 aliphatic heterocycles. The van der Waals surface area contributed by atoms with Crippen molar-refractivity contribution < 1.29 is 23.5 Å². The van der Waals surface area contributed by atoms with Crippen molar-refractivity contribution in [2.45, 2.75) is 18.9 Å². The van der Waals surface area contributed by atoms with Gasteiger partial charge in [0, 0.05) is 18.5 Å². The van der Waals surface area contributed by atoms with Crippen LogP contribution in [0.3, 0.4) is 0 Å². The third-order valence-electron chi connectivity index (χ3n) is 4.31. The molecule has 7 heteroatoms. The molecule has 2 aromatic carbocycles. The van der Waals surface area contributed by atoms with Gasteiger partial charge in [-0.15, -0.1) is 0 Å². The maximum Gasteiger partial charge on any atom is 0.264 e. The van der Waals surface area contributed by atoms with E-state index in [0.29, 0.717) is 35.7 Å². The van der Waals surface area contributed by atoms with E-state index >= 15 is 0 Å². The Morgan fingerprint density at radius 3 is 2.74 bits per heavy atom. The van der Waals surface area contributed by atoms with Gasteiger partial charge >= 0.3 is 0 Å². The van der Waals surface area contributed by atoms with Gasteiger partial charge in [0.1, 0.15) is 5.82 Å². The first kappa shape index (κ1) is 18.7. The molecule has 0 bridgehead atoms. The summed E-state index contributed by atoms with van der Waals surface area (Å²) in [6, 6.07) is 11.9. The highest BCUT2D eigenvalue weighted by atomic mass is 19.1. The number of oxime groups is 1. The van der Waals surface area contributed by atoms with E-state index in [-0.39, 0.29) is 18.1 Å². The Morgan fingerprint density at radius 2 is 2.00 bits per heavy atom. The first-order valence-electron chi connectivity index (χ1n) is 8.58. The summed E-state index contributed by atoms with van der Waals surface area (Å²) in [4.78, 5) is 17.5. The molecule has 0 saturated heterocycles. The minimum absolute atomic E-state index is 0.239. The third-order valence-corrected chi connectivity index (χ3v) is 4.31. The molecule has 1 atom stereocenters. The summed E-state index contributed by atoms with van der Waals surface area (Å²) in [5, 5.41) is 6.69. The van der Waals surface area contributed by atoms with Crippen molar-refractivity contribution in [1.82, 2.24) is 5.32 Å². The van der Waals surface area contributed by atoms with Gasteiger partial charge in [0.25, 0.3) is 5.91 Å². The minimum atomic E-state index is -0.745. The second-order valence-electron chi connectivity index (χ2n) is 6.05. The predicted octanol–water partition coefficient (Wildman–Crippen LogP) is 2.69. The third kappa shape index (κ3) is 4.36. The number of halogens is 1. The Hall–Kier alpha value is -3.09. The van der Waals surface area contributed by atoms with Gasteiger partial charge in [0.05, 0.1) is 19.9 Å². The maximum absolute atomic E-state index is 13.8. The van der Waals surface area contributed by atoms with Crippen molar-refractivity contribution in [1.29, 1.82) is 0 Å². The molecule has 3 rings (SSSR count). The summed E-state index contributed by atoms with van der Waals surface area (Å²) >= 11 is 0. The fraction of sp³-hybridized carbons (Fsp3) is 0.300. The summed E-state index contributed by atoms with van der Waals surface area (Å²) in [5.41, 5.74) is 1.80. The Kier molecular flexibility index (Phi) is 5.90. The first-order valence-corrected chi connectivity index (χ1v) is 8.58. The average Bonchev–Trinajstić information content (AvgIpc) is 3.18. The van der Waals surface area contributed by atoms with Crippen LogP contribution in [0.25, 0.3) is 0 Å². The van der Waals surface area contributed by atoms with Crippen LogP contribution in [-0.2, 0) is 16.1 Å². The van der Waals surface area contributed by atoms with Crippen molar-refractivity contribution in [2.24, 2.45) is 5.16 Å². The molecule has 0 saturated carbocycles. The lowest BCUT2D eigenvalue weighted by Gasteiger charge is -2.11. The first-order chi connectivity index (χ1) is 13.1. The molecule has 1 N–H and O–H groups in total. The molecule has 0 aliphatic carbocycles. The van der Waals surface area contributed by atoms with Crippen LogP contribution in [0.1, 0.15) is 17.5 Å². The summed E-state index contributed by atoms with van der Waals surface area (Å²) in [6.07, 6.45) is 0.119. The molecule has 1 amide bonds. The smallest absolute Gasteiger partial charge is 0.264 e. The summed E-state index contributed by atoms with van der Waals surface area (Å²) < 4.78 is 24.3. The van der Waals surface area contributed by atoms with Crippen molar-refractivity contribution in [2.75, 3.05) is 20.8 Å². The predicted molar refractivity (Wildman–Crippen MR) is 98.7 cm³/mol. The number of nitrogens with zero attached hydrogens (tertiary/aromatic N) is 1. The van der Waals surface area contributed by atoms with Crippen LogP contribution >= 0.6 is 0 Å². The Labute approximate surface area is 156 Å². The van der Waals surface area contributed by atoms with Crippen LogP contribution in [0.2, 0.25) is 0 Å². The molecule has 0 unspecified atom stereocenters. The largest absolute Gasteiger partial charge is 0.493 e. The zero-order chi connectivity index (χ0) is 19.2. The minimum Gasteiger partial charge on any atom is -0.493 e. The topological polar surface area (TPSA) is 69.2 Å². The molecule has 0 fully saturated rings. The van der Waals surface area contributed by atoms with Crippen LogP contribution in [0.5, 0.6) is 11.5 Å². The Morgan fingerprint density at radius 1 is 1.22 bits per heavy atom. The van der Waals surface area contributed by atoms with E-state index in [4.69, 9.17) is 14.3 Å². The molecule has 0 aromatic heterocycles. The number of hydrogen-bond acceptors (Lipinski definition) is 5. The highest BCUT2D eigenvalue weighted by Gasteiger charge is 2.29. The number of carbonyl (C=O) groups excluding carboxylic acids is 1. The van der Waals surface area contributed by atoms with E-state index in [1.165, 1.54) is 6.07 Å². The van der Waals surface area contributed by atoms with Gasteiger partial charge < -0.3 is 19.6 Å². The number of nitrogens with one attached hydrogen (secondary N) is 1. The fourth-order valence-corrected chi connectivity index (χ4v) is 2.85. The van der Waals surface area contributed by atoms with Gasteiger partial charge in [-0.1, -0.05) is 29.4 Å². The second-order valence-corrected chi connectivity index (χ2v) is 6.05. The molecule has 1 heterocycles. The zero-order valence-electron chi connectivity index (χ0n) is 15.2. The second kappa shape index (κ2) is 8.53. The molecular weight excluding hydrogens is 351 g/mol. The lowest BCUT2D eigenvalue weighted by molar-refractivity contribution is -0.131. The van der Waals surface area contributed by atoms with E-state index in [1.54, 1.807) is 32.4 Å². The standard InChI is InChI=1S/C20H21FN2O4/c1-25-17-8-7-13(11-18(17)26-2)9-10-22-20(24)19-12-16(23-27-19)14-5-3-4-6-15(14)21/h3-8,11,19H,9-10,12H2,1-2H3,(H,22,24)/t19-/m1/s1. The normalized spacial score (nSPS) is 15.7. The number of methoxy groups -OCH3 is 2. The molecule has 0 radical (unpaired) electrons. The van der Waals surface area contributed by atoms with Crippen LogP contribution in [-0.4, -0.2) is 38.5 Å². The van der Waals surface area contributed by atoms with Crippen LogP contribution in [0, 0.1) is 5.82 Å². The average molecular weight is 372 g/mol. The van der Waals surface area contributed by atoms with Gasteiger partial charge in [-0.05, 0) is 30.2 Å². The monoisotopic (exact) mass is 372 g/mol.